The quantitative estimate of drug-likeness (QED) is 0.764. The van der Waals surface area contributed by atoms with Crippen molar-refractivity contribution in [1.29, 1.82) is 0 Å². The van der Waals surface area contributed by atoms with Crippen LogP contribution in [-0.4, -0.2) is 25.7 Å². The molecule has 3 aromatic rings. The molecular weight excluding hydrogens is 346 g/mol. The van der Waals surface area contributed by atoms with Gasteiger partial charge in [0.15, 0.2) is 5.43 Å². The summed E-state index contributed by atoms with van der Waals surface area (Å²) >= 11 is 0. The zero-order valence-corrected chi connectivity index (χ0v) is 14.9. The van der Waals surface area contributed by atoms with Crippen LogP contribution in [-0.2, 0) is 9.53 Å². The first-order chi connectivity index (χ1) is 13.2. The largest absolute Gasteiger partial charge is 0.496 e. The van der Waals surface area contributed by atoms with Crippen molar-refractivity contribution in [3.05, 3.63) is 58.8 Å². The van der Waals surface area contributed by atoms with Gasteiger partial charge in [0, 0.05) is 24.4 Å². The van der Waals surface area contributed by atoms with E-state index in [2.05, 4.69) is 5.32 Å². The number of carbonyl (C=O) groups excluding carboxylic acids is 1. The van der Waals surface area contributed by atoms with Gasteiger partial charge in [-0.3, -0.25) is 9.59 Å². The normalized spacial score (nSPS) is 16.4. The molecule has 1 aromatic heterocycles. The monoisotopic (exact) mass is 365 g/mol. The van der Waals surface area contributed by atoms with E-state index in [-0.39, 0.29) is 11.3 Å². The maximum absolute atomic E-state index is 12.5. The van der Waals surface area contributed by atoms with E-state index < -0.39 is 6.10 Å². The highest BCUT2D eigenvalue weighted by Gasteiger charge is 2.23. The molecule has 1 unspecified atom stereocenters. The van der Waals surface area contributed by atoms with Crippen LogP contribution in [0, 0.1) is 0 Å². The second kappa shape index (κ2) is 7.25. The fourth-order valence-corrected chi connectivity index (χ4v) is 3.22. The summed E-state index contributed by atoms with van der Waals surface area (Å²) in [7, 11) is 1.57. The Labute approximate surface area is 155 Å². The summed E-state index contributed by atoms with van der Waals surface area (Å²) < 4.78 is 16.7. The first-order valence-corrected chi connectivity index (χ1v) is 8.79. The lowest BCUT2D eigenvalue weighted by molar-refractivity contribution is -0.124. The Morgan fingerprint density at radius 3 is 2.81 bits per heavy atom. The van der Waals surface area contributed by atoms with E-state index in [1.807, 2.05) is 18.2 Å². The van der Waals surface area contributed by atoms with Crippen molar-refractivity contribution in [1.82, 2.24) is 0 Å². The number of rotatable bonds is 4. The lowest BCUT2D eigenvalue weighted by atomic mass is 10.1. The van der Waals surface area contributed by atoms with E-state index in [1.165, 1.54) is 6.07 Å². The van der Waals surface area contributed by atoms with Gasteiger partial charge in [0.2, 0.25) is 0 Å². The highest BCUT2D eigenvalue weighted by molar-refractivity contribution is 5.96. The number of ether oxygens (including phenoxy) is 2. The third-order valence-corrected chi connectivity index (χ3v) is 4.59. The van der Waals surface area contributed by atoms with Crippen molar-refractivity contribution in [2.24, 2.45) is 0 Å². The number of fused-ring (bicyclic) bond motifs is 1. The molecule has 1 amide bonds. The number of amides is 1. The summed E-state index contributed by atoms with van der Waals surface area (Å²) in [6, 6.07) is 13.8. The van der Waals surface area contributed by atoms with Gasteiger partial charge in [-0.05, 0) is 37.1 Å². The van der Waals surface area contributed by atoms with Gasteiger partial charge in [-0.2, -0.15) is 0 Å². The van der Waals surface area contributed by atoms with E-state index in [1.54, 1.807) is 31.4 Å². The number of hydrogen-bond donors (Lipinski definition) is 1. The molecule has 6 heteroatoms. The van der Waals surface area contributed by atoms with E-state index in [4.69, 9.17) is 13.9 Å². The van der Waals surface area contributed by atoms with Gasteiger partial charge < -0.3 is 19.2 Å². The number of para-hydroxylation sites is 1. The fraction of sp³-hybridized carbons (Fsp3) is 0.238. The summed E-state index contributed by atoms with van der Waals surface area (Å²) in [6.07, 6.45) is 1.17. The van der Waals surface area contributed by atoms with E-state index in [0.29, 0.717) is 46.8 Å². The van der Waals surface area contributed by atoms with Gasteiger partial charge in [-0.15, -0.1) is 0 Å². The molecule has 1 aliphatic rings. The van der Waals surface area contributed by atoms with Gasteiger partial charge >= 0.3 is 0 Å². The van der Waals surface area contributed by atoms with Gasteiger partial charge in [-0.1, -0.05) is 12.1 Å². The van der Waals surface area contributed by atoms with Gasteiger partial charge in [0.1, 0.15) is 23.2 Å². The maximum Gasteiger partial charge on any atom is 0.253 e. The lowest BCUT2D eigenvalue weighted by Crippen LogP contribution is -2.26. The average Bonchev–Trinajstić information content (AvgIpc) is 3.22. The van der Waals surface area contributed by atoms with Crippen LogP contribution in [0.1, 0.15) is 12.8 Å². The highest BCUT2D eigenvalue weighted by Crippen LogP contribution is 2.31. The number of hydrogen-bond acceptors (Lipinski definition) is 5. The summed E-state index contributed by atoms with van der Waals surface area (Å²) in [5, 5.41) is 3.27. The van der Waals surface area contributed by atoms with Crippen LogP contribution in [0.4, 0.5) is 5.69 Å². The van der Waals surface area contributed by atoms with Gasteiger partial charge in [0.25, 0.3) is 5.91 Å². The van der Waals surface area contributed by atoms with Crippen molar-refractivity contribution in [2.45, 2.75) is 18.9 Å². The van der Waals surface area contributed by atoms with Crippen LogP contribution in [0.25, 0.3) is 22.3 Å². The molecule has 2 aromatic carbocycles. The Balaban J connectivity index is 1.72. The molecule has 0 aliphatic carbocycles. The molecule has 0 bridgehead atoms. The minimum atomic E-state index is -0.424. The topological polar surface area (TPSA) is 77.8 Å². The molecule has 1 saturated heterocycles. The van der Waals surface area contributed by atoms with Crippen LogP contribution in [0.15, 0.2) is 57.7 Å². The van der Waals surface area contributed by atoms with Crippen molar-refractivity contribution in [3.8, 4) is 17.1 Å². The van der Waals surface area contributed by atoms with Crippen molar-refractivity contribution < 1.29 is 18.7 Å². The molecule has 0 radical (unpaired) electrons. The predicted molar refractivity (Wildman–Crippen MR) is 102 cm³/mol. The van der Waals surface area contributed by atoms with Crippen molar-refractivity contribution >= 4 is 22.6 Å². The molecule has 1 aliphatic heterocycles. The molecular formula is C21H19NO5. The SMILES string of the molecule is COc1ccccc1-c1cc(=O)c2ccc(NC(=O)C3CCCO3)cc2o1. The molecule has 138 valence electrons. The minimum absolute atomic E-state index is 0.158. The zero-order valence-electron chi connectivity index (χ0n) is 14.9. The molecule has 2 heterocycles. The minimum Gasteiger partial charge on any atom is -0.496 e. The van der Waals surface area contributed by atoms with Crippen molar-refractivity contribution in [3.63, 3.8) is 0 Å². The van der Waals surface area contributed by atoms with Gasteiger partial charge in [-0.25, -0.2) is 0 Å². The average molecular weight is 365 g/mol. The van der Waals surface area contributed by atoms with E-state index >= 15 is 0 Å². The first kappa shape index (κ1) is 17.3. The Bertz CT molecular complexity index is 1050. The molecule has 1 fully saturated rings. The first-order valence-electron chi connectivity index (χ1n) is 8.79. The summed E-state index contributed by atoms with van der Waals surface area (Å²) in [5.41, 5.74) is 1.49. The van der Waals surface area contributed by atoms with E-state index in [0.717, 1.165) is 6.42 Å². The van der Waals surface area contributed by atoms with Crippen LogP contribution >= 0.6 is 0 Å². The van der Waals surface area contributed by atoms with Crippen LogP contribution < -0.4 is 15.5 Å². The molecule has 1 N–H and O–H groups in total. The number of anilines is 1. The molecule has 1 atom stereocenters. The Morgan fingerprint density at radius 2 is 2.04 bits per heavy atom. The van der Waals surface area contributed by atoms with Crippen LogP contribution in [0.2, 0.25) is 0 Å². The third kappa shape index (κ3) is 3.44. The zero-order chi connectivity index (χ0) is 18.8. The number of benzene rings is 2. The molecule has 0 saturated carbocycles. The second-order valence-corrected chi connectivity index (χ2v) is 6.38. The lowest BCUT2D eigenvalue weighted by Gasteiger charge is -2.11. The van der Waals surface area contributed by atoms with Crippen molar-refractivity contribution in [2.75, 3.05) is 19.0 Å². The number of carbonyl (C=O) groups is 1. The second-order valence-electron chi connectivity index (χ2n) is 6.38. The Morgan fingerprint density at radius 1 is 1.19 bits per heavy atom. The number of methoxy groups -OCH3 is 1. The Kier molecular flexibility index (Phi) is 4.64. The molecule has 0 spiro atoms. The highest BCUT2D eigenvalue weighted by atomic mass is 16.5. The van der Waals surface area contributed by atoms with Gasteiger partial charge in [0.05, 0.1) is 18.1 Å². The Hall–Kier alpha value is -3.12. The molecule has 4 rings (SSSR count). The summed E-state index contributed by atoms with van der Waals surface area (Å²) in [4.78, 5) is 24.8. The third-order valence-electron chi connectivity index (χ3n) is 4.59. The fourth-order valence-electron chi connectivity index (χ4n) is 3.22. The maximum atomic E-state index is 12.5. The smallest absolute Gasteiger partial charge is 0.253 e. The van der Waals surface area contributed by atoms with Crippen LogP contribution in [0.5, 0.6) is 5.75 Å². The van der Waals surface area contributed by atoms with E-state index in [9.17, 15) is 9.59 Å². The predicted octanol–water partition coefficient (Wildman–Crippen LogP) is 3.59. The van der Waals surface area contributed by atoms with Crippen LogP contribution in [0.3, 0.4) is 0 Å². The standard InChI is InChI=1S/C21H19NO5/c1-25-17-6-3-2-5-15(17)20-12-16(23)14-9-8-13(11-19(14)27-20)22-21(24)18-7-4-10-26-18/h2-3,5-6,8-9,11-12,18H,4,7,10H2,1H3,(H,22,24). The number of nitrogens with one attached hydrogen (secondary N) is 1. The summed E-state index contributed by atoms with van der Waals surface area (Å²) in [5.74, 6) is 0.838. The molecule has 27 heavy (non-hydrogen) atoms. The summed E-state index contributed by atoms with van der Waals surface area (Å²) in [6.45, 7) is 0.604. The molecule has 6 nitrogen and oxygen atoms in total.